The van der Waals surface area contributed by atoms with Crippen LogP contribution >= 0.6 is 69.8 Å². The Labute approximate surface area is 136 Å². The van der Waals surface area contributed by atoms with E-state index in [1.54, 1.807) is 0 Å². The number of hydrogen-bond donors (Lipinski definition) is 1. The Morgan fingerprint density at radius 3 is 1.50 bits per heavy atom. The minimum absolute atomic E-state index is 0.160. The van der Waals surface area contributed by atoms with Crippen molar-refractivity contribution in [3.63, 3.8) is 0 Å². The molecule has 18 heavy (non-hydrogen) atoms. The molecule has 0 radical (unpaired) electrons. The van der Waals surface area contributed by atoms with E-state index in [4.69, 9.17) is 63.7 Å². The van der Waals surface area contributed by atoms with Crippen LogP contribution in [0, 0.1) is 0 Å². The van der Waals surface area contributed by atoms with Crippen molar-refractivity contribution in [2.24, 2.45) is 5.73 Å². The monoisotopic (exact) mass is 365 g/mol. The summed E-state index contributed by atoms with van der Waals surface area (Å²) in [5.74, 6) is 0. The van der Waals surface area contributed by atoms with Gasteiger partial charge >= 0.3 is 0 Å². The molecule has 2 N–H and O–H groups in total. The molecule has 0 aliphatic rings. The lowest BCUT2D eigenvalue weighted by atomic mass is 10.2. The smallest absolute Gasteiger partial charge is 0.0809 e. The zero-order chi connectivity index (χ0) is 14.1. The summed E-state index contributed by atoms with van der Waals surface area (Å²) < 4.78 is 0. The molecule has 0 fully saturated rings. The van der Waals surface area contributed by atoms with Crippen LogP contribution in [-0.4, -0.2) is 4.87 Å². The molecule has 0 atom stereocenters. The Morgan fingerprint density at radius 1 is 0.833 bits per heavy atom. The summed E-state index contributed by atoms with van der Waals surface area (Å²) >= 11 is 31.6. The van der Waals surface area contributed by atoms with Gasteiger partial charge in [0.25, 0.3) is 0 Å². The van der Waals surface area contributed by atoms with Crippen LogP contribution in [0.15, 0.2) is 4.90 Å². The zero-order valence-electron chi connectivity index (χ0n) is 9.79. The second-order valence-corrected chi connectivity index (χ2v) is 7.09. The molecule has 0 aromatic heterocycles. The quantitative estimate of drug-likeness (QED) is 0.284. The van der Waals surface area contributed by atoms with Gasteiger partial charge in [0.1, 0.15) is 0 Å². The molecule has 0 aliphatic carbocycles. The van der Waals surface area contributed by atoms with Crippen molar-refractivity contribution in [2.45, 2.75) is 36.5 Å². The summed E-state index contributed by atoms with van der Waals surface area (Å²) in [5, 5.41) is 1.14. The summed E-state index contributed by atoms with van der Waals surface area (Å²) in [6.07, 6.45) is 1.53. The van der Waals surface area contributed by atoms with Gasteiger partial charge in [0.15, 0.2) is 0 Å². The summed E-state index contributed by atoms with van der Waals surface area (Å²) in [6, 6.07) is 0. The molecule has 0 bridgehead atoms. The highest BCUT2D eigenvalue weighted by Crippen LogP contribution is 2.50. The van der Waals surface area contributed by atoms with Crippen LogP contribution in [0.2, 0.25) is 25.1 Å². The van der Waals surface area contributed by atoms with Gasteiger partial charge in [0, 0.05) is 4.90 Å². The molecule has 0 aliphatic heterocycles. The van der Waals surface area contributed by atoms with E-state index in [1.807, 2.05) is 13.8 Å². The van der Waals surface area contributed by atoms with Crippen LogP contribution in [0.1, 0.15) is 26.7 Å². The Hall–Kier alpha value is 0.980. The topological polar surface area (TPSA) is 26.0 Å². The molecule has 0 saturated heterocycles. The maximum Gasteiger partial charge on any atom is 0.0809 e. The minimum atomic E-state index is -0.465. The highest BCUT2D eigenvalue weighted by molar-refractivity contribution is 8.00. The third kappa shape index (κ3) is 3.35. The first-order chi connectivity index (χ1) is 8.27. The summed E-state index contributed by atoms with van der Waals surface area (Å²) in [4.78, 5) is 0.109. The van der Waals surface area contributed by atoms with Crippen LogP contribution in [0.25, 0.3) is 0 Å². The lowest BCUT2D eigenvalue weighted by molar-refractivity contribution is 0.571. The molecule has 0 amide bonds. The van der Waals surface area contributed by atoms with Crippen LogP contribution in [-0.2, 0) is 0 Å². The van der Waals surface area contributed by atoms with Crippen LogP contribution in [0.5, 0.6) is 0 Å². The van der Waals surface area contributed by atoms with E-state index in [1.165, 1.54) is 11.8 Å². The summed E-state index contributed by atoms with van der Waals surface area (Å²) in [7, 11) is 0. The van der Waals surface area contributed by atoms with Crippen LogP contribution < -0.4 is 5.73 Å². The van der Waals surface area contributed by atoms with E-state index in [9.17, 15) is 0 Å². The largest absolute Gasteiger partial charge is 0.317 e. The maximum atomic E-state index is 6.23. The second-order valence-electron chi connectivity index (χ2n) is 3.77. The van der Waals surface area contributed by atoms with Crippen molar-refractivity contribution >= 4 is 69.8 Å². The fraction of sp³-hybridized carbons (Fsp3) is 0.455. The SMILES string of the molecule is CCC(N)(CC)Sc1c(Cl)c(Cl)c(Cl)c(Cl)c1Cl. The Morgan fingerprint density at radius 2 is 1.17 bits per heavy atom. The van der Waals surface area contributed by atoms with E-state index in [0.717, 1.165) is 12.8 Å². The normalized spacial score (nSPS) is 12.0. The Balaban J connectivity index is 3.34. The van der Waals surface area contributed by atoms with Crippen LogP contribution in [0.3, 0.4) is 0 Å². The fourth-order valence-corrected chi connectivity index (χ4v) is 3.83. The van der Waals surface area contributed by atoms with Crippen molar-refractivity contribution in [2.75, 3.05) is 0 Å². The lowest BCUT2D eigenvalue weighted by Gasteiger charge is -2.27. The molecule has 1 nitrogen and oxygen atoms in total. The average molecular weight is 368 g/mol. The van der Waals surface area contributed by atoms with Crippen LogP contribution in [0.4, 0.5) is 0 Å². The summed E-state index contributed by atoms with van der Waals surface area (Å²) in [6.45, 7) is 3.99. The number of benzene rings is 1. The van der Waals surface area contributed by atoms with Gasteiger partial charge < -0.3 is 5.73 Å². The highest BCUT2D eigenvalue weighted by atomic mass is 35.5. The fourth-order valence-electron chi connectivity index (χ4n) is 1.27. The first-order valence-electron chi connectivity index (χ1n) is 5.26. The van der Waals surface area contributed by atoms with Gasteiger partial charge in [0.2, 0.25) is 0 Å². The van der Waals surface area contributed by atoms with Crippen molar-refractivity contribution in [1.29, 1.82) is 0 Å². The number of nitrogens with two attached hydrogens (primary N) is 1. The second kappa shape index (κ2) is 6.62. The molecule has 1 aromatic carbocycles. The molecule has 0 heterocycles. The zero-order valence-corrected chi connectivity index (χ0v) is 14.4. The highest BCUT2D eigenvalue weighted by Gasteiger charge is 2.27. The van der Waals surface area contributed by atoms with E-state index in [-0.39, 0.29) is 25.1 Å². The third-order valence-electron chi connectivity index (χ3n) is 2.67. The Kier molecular flexibility index (Phi) is 6.27. The van der Waals surface area contributed by atoms with Crippen molar-refractivity contribution < 1.29 is 0 Å². The van der Waals surface area contributed by atoms with Gasteiger partial charge in [-0.1, -0.05) is 71.9 Å². The van der Waals surface area contributed by atoms with Gasteiger partial charge in [-0.05, 0) is 12.8 Å². The van der Waals surface area contributed by atoms with Gasteiger partial charge in [-0.3, -0.25) is 0 Å². The Bertz CT molecular complexity index is 430. The van der Waals surface area contributed by atoms with Crippen molar-refractivity contribution in [3.05, 3.63) is 25.1 Å². The standard InChI is InChI=1S/C11H12Cl5NS/c1-3-11(17,4-2)18-10-8(15)6(13)5(12)7(14)9(10)16/h3-4,17H2,1-2H3. The van der Waals surface area contributed by atoms with Crippen molar-refractivity contribution in [3.8, 4) is 0 Å². The predicted octanol–water partition coefficient (Wildman–Crippen LogP) is 6.52. The number of halogens is 5. The molecular weight excluding hydrogens is 355 g/mol. The van der Waals surface area contributed by atoms with E-state index < -0.39 is 4.87 Å². The molecule has 102 valence electrons. The predicted molar refractivity (Wildman–Crippen MR) is 84.8 cm³/mol. The van der Waals surface area contributed by atoms with Gasteiger partial charge in [0.05, 0.1) is 30.0 Å². The number of hydrogen-bond acceptors (Lipinski definition) is 2. The maximum absolute atomic E-state index is 6.23. The lowest BCUT2D eigenvalue weighted by Crippen LogP contribution is -2.34. The molecular formula is C11H12Cl5NS. The van der Waals surface area contributed by atoms with Crippen molar-refractivity contribution in [1.82, 2.24) is 0 Å². The summed E-state index contributed by atoms with van der Waals surface area (Å²) in [5.41, 5.74) is 6.23. The molecule has 7 heteroatoms. The van der Waals surface area contributed by atoms with Gasteiger partial charge in [-0.15, -0.1) is 11.8 Å². The number of thioether (sulfide) groups is 1. The van der Waals surface area contributed by atoms with Gasteiger partial charge in [-0.2, -0.15) is 0 Å². The van der Waals surface area contributed by atoms with E-state index >= 15 is 0 Å². The number of rotatable bonds is 4. The molecule has 0 spiro atoms. The first kappa shape index (κ1) is 17.0. The minimum Gasteiger partial charge on any atom is -0.317 e. The average Bonchev–Trinajstić information content (AvgIpc) is 2.39. The van der Waals surface area contributed by atoms with E-state index in [2.05, 4.69) is 0 Å². The van der Waals surface area contributed by atoms with Gasteiger partial charge in [-0.25, -0.2) is 0 Å². The third-order valence-corrected chi connectivity index (χ3v) is 6.77. The molecule has 1 aromatic rings. The molecule has 0 unspecified atom stereocenters. The first-order valence-corrected chi connectivity index (χ1v) is 7.97. The van der Waals surface area contributed by atoms with E-state index in [0.29, 0.717) is 4.90 Å². The molecule has 0 saturated carbocycles. The molecule has 1 rings (SSSR count).